The summed E-state index contributed by atoms with van der Waals surface area (Å²) in [5.74, 6) is 1.81. The Morgan fingerprint density at radius 1 is 1.03 bits per heavy atom. The number of carbonyl (C=O) groups excluding carboxylic acids is 1. The van der Waals surface area contributed by atoms with Crippen molar-refractivity contribution in [1.29, 1.82) is 0 Å². The molecule has 5 heterocycles. The Labute approximate surface area is 203 Å². The van der Waals surface area contributed by atoms with Crippen molar-refractivity contribution in [2.45, 2.75) is 25.5 Å². The zero-order valence-electron chi connectivity index (χ0n) is 19.4. The molecule has 4 aromatic rings. The van der Waals surface area contributed by atoms with Gasteiger partial charge in [-0.2, -0.15) is 0 Å². The lowest BCUT2D eigenvalue weighted by atomic mass is 9.86. The zero-order chi connectivity index (χ0) is 23.4. The van der Waals surface area contributed by atoms with Crippen LogP contribution in [0.1, 0.15) is 30.3 Å². The third-order valence-corrected chi connectivity index (χ3v) is 7.74. The molecule has 2 aromatic heterocycles. The fourth-order valence-corrected chi connectivity index (χ4v) is 5.81. The molecule has 2 fully saturated rings. The van der Waals surface area contributed by atoms with Gasteiger partial charge in [-0.25, -0.2) is 15.0 Å². The summed E-state index contributed by atoms with van der Waals surface area (Å²) in [6.45, 7) is 3.41. The molecule has 7 rings (SSSR count). The molecule has 8 nitrogen and oxygen atoms in total. The highest BCUT2D eigenvalue weighted by Crippen LogP contribution is 2.38. The van der Waals surface area contributed by atoms with Crippen LogP contribution in [-0.4, -0.2) is 51.7 Å². The fraction of sp³-hybridized carbons (Fsp3) is 0.333. The molecule has 1 unspecified atom stereocenters. The number of imidazole rings is 1. The molecule has 1 N–H and O–H groups in total. The predicted molar refractivity (Wildman–Crippen MR) is 132 cm³/mol. The molecule has 2 atom stereocenters. The minimum Gasteiger partial charge on any atom is -0.371 e. The molecule has 176 valence electrons. The van der Waals surface area contributed by atoms with Crippen LogP contribution in [0.3, 0.4) is 0 Å². The van der Waals surface area contributed by atoms with Gasteiger partial charge in [0.15, 0.2) is 0 Å². The van der Waals surface area contributed by atoms with E-state index in [0.29, 0.717) is 25.7 Å². The van der Waals surface area contributed by atoms with Gasteiger partial charge in [0, 0.05) is 37.6 Å². The molecule has 8 heteroatoms. The Bertz CT molecular complexity index is 1420. The number of nitrogens with zero attached hydrogens (tertiary/aromatic N) is 5. The maximum atomic E-state index is 12.3. The summed E-state index contributed by atoms with van der Waals surface area (Å²) in [4.78, 5) is 28.6. The monoisotopic (exact) mass is 466 g/mol. The normalized spacial score (nSPS) is 23.7. The molecular formula is C27H26N6O2. The molecule has 0 saturated carbocycles. The van der Waals surface area contributed by atoms with Crippen LogP contribution in [0, 0.1) is 5.41 Å². The van der Waals surface area contributed by atoms with Crippen LogP contribution in [-0.2, 0) is 16.1 Å². The van der Waals surface area contributed by atoms with Crippen molar-refractivity contribution in [2.75, 3.05) is 31.1 Å². The number of rotatable bonds is 3. The van der Waals surface area contributed by atoms with Crippen LogP contribution >= 0.6 is 0 Å². The second kappa shape index (κ2) is 7.88. The van der Waals surface area contributed by atoms with E-state index in [1.54, 1.807) is 0 Å². The predicted octanol–water partition coefficient (Wildman–Crippen LogP) is 3.33. The molecule has 0 bridgehead atoms. The molecule has 2 saturated heterocycles. The maximum Gasteiger partial charge on any atom is 0.228 e. The SMILES string of the molecule is O=C1NCCC12CCN(c1ncc(-c3ccc4nc5n(c4c3)[C@@H](c3ccccc3)COC5)cn1)C2. The molecule has 3 aliphatic rings. The zero-order valence-corrected chi connectivity index (χ0v) is 19.4. The van der Waals surface area contributed by atoms with E-state index in [4.69, 9.17) is 9.72 Å². The van der Waals surface area contributed by atoms with Crippen molar-refractivity contribution < 1.29 is 9.53 Å². The van der Waals surface area contributed by atoms with Crippen LogP contribution < -0.4 is 10.2 Å². The Morgan fingerprint density at radius 2 is 1.89 bits per heavy atom. The van der Waals surface area contributed by atoms with E-state index in [2.05, 4.69) is 67.2 Å². The Balaban J connectivity index is 1.20. The van der Waals surface area contributed by atoms with E-state index in [-0.39, 0.29) is 17.4 Å². The number of aromatic nitrogens is 4. The summed E-state index contributed by atoms with van der Waals surface area (Å²) in [6.07, 6.45) is 5.52. The van der Waals surface area contributed by atoms with E-state index < -0.39 is 0 Å². The van der Waals surface area contributed by atoms with Crippen molar-refractivity contribution in [3.63, 3.8) is 0 Å². The number of hydrogen-bond donors (Lipinski definition) is 1. The number of ether oxygens (including phenoxy) is 1. The van der Waals surface area contributed by atoms with Crippen molar-refractivity contribution in [3.8, 4) is 11.1 Å². The first-order valence-corrected chi connectivity index (χ1v) is 12.2. The Kier molecular flexibility index (Phi) is 4.63. The lowest BCUT2D eigenvalue weighted by Gasteiger charge is -2.26. The quantitative estimate of drug-likeness (QED) is 0.499. The average Bonchev–Trinajstić information content (AvgIpc) is 3.61. The average molecular weight is 467 g/mol. The number of carbonyl (C=O) groups is 1. The van der Waals surface area contributed by atoms with Crippen LogP contribution in [0.25, 0.3) is 22.2 Å². The molecular weight excluding hydrogens is 440 g/mol. The lowest BCUT2D eigenvalue weighted by molar-refractivity contribution is -0.126. The number of nitrogens with one attached hydrogen (secondary N) is 1. The summed E-state index contributed by atoms with van der Waals surface area (Å²) in [5, 5.41) is 2.98. The second-order valence-electron chi connectivity index (χ2n) is 9.77. The highest BCUT2D eigenvalue weighted by molar-refractivity contribution is 5.86. The number of anilines is 1. The highest BCUT2D eigenvalue weighted by Gasteiger charge is 2.47. The van der Waals surface area contributed by atoms with E-state index in [9.17, 15) is 4.79 Å². The van der Waals surface area contributed by atoms with E-state index in [0.717, 1.165) is 53.9 Å². The summed E-state index contributed by atoms with van der Waals surface area (Å²) >= 11 is 0. The highest BCUT2D eigenvalue weighted by atomic mass is 16.5. The fourth-order valence-electron chi connectivity index (χ4n) is 5.81. The number of hydrogen-bond acceptors (Lipinski definition) is 6. The molecule has 0 aliphatic carbocycles. The first kappa shape index (κ1) is 20.6. The maximum absolute atomic E-state index is 12.3. The molecule has 0 radical (unpaired) electrons. The smallest absolute Gasteiger partial charge is 0.228 e. The van der Waals surface area contributed by atoms with Gasteiger partial charge in [0.25, 0.3) is 0 Å². The summed E-state index contributed by atoms with van der Waals surface area (Å²) in [7, 11) is 0. The minimum atomic E-state index is -0.271. The number of benzene rings is 2. The van der Waals surface area contributed by atoms with Crippen LogP contribution in [0.4, 0.5) is 5.95 Å². The van der Waals surface area contributed by atoms with Gasteiger partial charge in [-0.15, -0.1) is 0 Å². The third kappa shape index (κ3) is 3.31. The first-order chi connectivity index (χ1) is 17.2. The van der Waals surface area contributed by atoms with Gasteiger partial charge in [-0.3, -0.25) is 4.79 Å². The number of fused-ring (bicyclic) bond motifs is 3. The van der Waals surface area contributed by atoms with Crippen molar-refractivity contribution in [1.82, 2.24) is 24.8 Å². The largest absolute Gasteiger partial charge is 0.371 e. The first-order valence-electron chi connectivity index (χ1n) is 12.2. The van der Waals surface area contributed by atoms with E-state index >= 15 is 0 Å². The molecule has 1 spiro atoms. The van der Waals surface area contributed by atoms with Gasteiger partial charge in [0.05, 0.1) is 29.1 Å². The molecule has 1 amide bonds. The van der Waals surface area contributed by atoms with E-state index in [1.165, 1.54) is 5.56 Å². The van der Waals surface area contributed by atoms with Crippen molar-refractivity contribution in [3.05, 3.63) is 72.3 Å². The van der Waals surface area contributed by atoms with Gasteiger partial charge in [0.2, 0.25) is 11.9 Å². The standard InChI is InChI=1S/C27H26N6O2/c34-25-27(8-10-28-25)9-11-32(17-27)26-29-13-20(14-30-26)19-6-7-21-22(12-19)33-23(15-35-16-24(33)31-21)18-4-2-1-3-5-18/h1-7,12-14,23H,8-11,15-17H2,(H,28,34)/t23-,27?/m1/s1. The van der Waals surface area contributed by atoms with Gasteiger partial charge >= 0.3 is 0 Å². The number of amides is 1. The lowest BCUT2D eigenvalue weighted by Crippen LogP contribution is -2.34. The van der Waals surface area contributed by atoms with Gasteiger partial charge in [-0.05, 0) is 36.1 Å². The molecule has 35 heavy (non-hydrogen) atoms. The van der Waals surface area contributed by atoms with Crippen molar-refractivity contribution >= 4 is 22.9 Å². The van der Waals surface area contributed by atoms with Crippen LogP contribution in [0.15, 0.2) is 60.9 Å². The van der Waals surface area contributed by atoms with E-state index in [1.807, 2.05) is 18.5 Å². The van der Waals surface area contributed by atoms with Gasteiger partial charge < -0.3 is 19.5 Å². The Hall–Kier alpha value is -3.78. The van der Waals surface area contributed by atoms with Gasteiger partial charge in [0.1, 0.15) is 12.4 Å². The van der Waals surface area contributed by atoms with Gasteiger partial charge in [-0.1, -0.05) is 36.4 Å². The van der Waals surface area contributed by atoms with Crippen LogP contribution in [0.5, 0.6) is 0 Å². The third-order valence-electron chi connectivity index (χ3n) is 7.74. The Morgan fingerprint density at radius 3 is 2.69 bits per heavy atom. The second-order valence-corrected chi connectivity index (χ2v) is 9.77. The van der Waals surface area contributed by atoms with Crippen molar-refractivity contribution in [2.24, 2.45) is 5.41 Å². The minimum absolute atomic E-state index is 0.0918. The molecule has 2 aromatic carbocycles. The summed E-state index contributed by atoms with van der Waals surface area (Å²) in [5.41, 5.74) is 5.01. The molecule has 3 aliphatic heterocycles. The summed E-state index contributed by atoms with van der Waals surface area (Å²) < 4.78 is 8.19. The summed E-state index contributed by atoms with van der Waals surface area (Å²) in [6, 6.07) is 16.9. The van der Waals surface area contributed by atoms with Crippen LogP contribution in [0.2, 0.25) is 0 Å². The topological polar surface area (TPSA) is 85.2 Å².